The molecule has 1 aromatic carbocycles. The van der Waals surface area contributed by atoms with E-state index < -0.39 is 0 Å². The number of likely N-dealkylation sites (N-methyl/N-ethyl adjacent to an activating group) is 1. The smallest absolute Gasteiger partial charge is 0.0164 e. The third-order valence-corrected chi connectivity index (χ3v) is 5.38. The summed E-state index contributed by atoms with van der Waals surface area (Å²) in [4.78, 5) is 0. The van der Waals surface area contributed by atoms with E-state index >= 15 is 0 Å². The standard InChI is InChI=1S/C18H27N/c1-19-17(14-15-10-11-15)18(12-6-3-7-13-18)16-8-4-2-5-9-16/h2,4-5,8-9,15,17,19H,3,6-7,10-14H2,1H3. The van der Waals surface area contributed by atoms with Crippen molar-refractivity contribution < 1.29 is 0 Å². The molecule has 0 heterocycles. The van der Waals surface area contributed by atoms with E-state index in [1.54, 1.807) is 5.56 Å². The van der Waals surface area contributed by atoms with E-state index in [1.165, 1.54) is 51.4 Å². The summed E-state index contributed by atoms with van der Waals surface area (Å²) in [5.41, 5.74) is 1.98. The lowest BCUT2D eigenvalue weighted by atomic mass is 9.64. The lowest BCUT2D eigenvalue weighted by molar-refractivity contribution is 0.205. The summed E-state index contributed by atoms with van der Waals surface area (Å²) in [7, 11) is 2.17. The van der Waals surface area contributed by atoms with Crippen LogP contribution in [0.2, 0.25) is 0 Å². The van der Waals surface area contributed by atoms with Gasteiger partial charge in [0, 0.05) is 11.5 Å². The molecule has 1 atom stereocenters. The van der Waals surface area contributed by atoms with Gasteiger partial charge in [-0.3, -0.25) is 0 Å². The largest absolute Gasteiger partial charge is 0.316 e. The van der Waals surface area contributed by atoms with Gasteiger partial charge >= 0.3 is 0 Å². The summed E-state index contributed by atoms with van der Waals surface area (Å²) in [5.74, 6) is 1.000. The number of benzene rings is 1. The molecule has 0 aromatic heterocycles. The first kappa shape index (κ1) is 13.2. The van der Waals surface area contributed by atoms with Gasteiger partial charge in [-0.1, -0.05) is 62.4 Å². The second-order valence-electron chi connectivity index (χ2n) is 6.60. The molecule has 2 saturated carbocycles. The Morgan fingerprint density at radius 2 is 1.79 bits per heavy atom. The lowest BCUT2D eigenvalue weighted by Gasteiger charge is -2.44. The Labute approximate surface area is 117 Å². The second-order valence-corrected chi connectivity index (χ2v) is 6.60. The molecule has 2 aliphatic carbocycles. The van der Waals surface area contributed by atoms with Gasteiger partial charge in [0.1, 0.15) is 0 Å². The molecule has 104 valence electrons. The molecular formula is C18H27N. The Morgan fingerprint density at radius 1 is 1.11 bits per heavy atom. The monoisotopic (exact) mass is 257 g/mol. The van der Waals surface area contributed by atoms with Gasteiger partial charge in [0.25, 0.3) is 0 Å². The molecule has 0 amide bonds. The van der Waals surface area contributed by atoms with Crippen molar-refractivity contribution in [3.05, 3.63) is 35.9 Å². The first-order chi connectivity index (χ1) is 9.35. The average molecular weight is 257 g/mol. The summed E-state index contributed by atoms with van der Waals surface area (Å²) >= 11 is 0. The van der Waals surface area contributed by atoms with Gasteiger partial charge in [-0.15, -0.1) is 0 Å². The zero-order chi connectivity index (χ0) is 13.1. The SMILES string of the molecule is CNC(CC1CC1)C1(c2ccccc2)CCCCC1. The topological polar surface area (TPSA) is 12.0 Å². The van der Waals surface area contributed by atoms with Gasteiger partial charge in [-0.2, -0.15) is 0 Å². The maximum Gasteiger partial charge on any atom is 0.0164 e. The van der Waals surface area contributed by atoms with E-state index in [0.717, 1.165) is 5.92 Å². The Hall–Kier alpha value is -0.820. The number of rotatable bonds is 5. The van der Waals surface area contributed by atoms with Crippen molar-refractivity contribution in [2.45, 2.75) is 62.8 Å². The van der Waals surface area contributed by atoms with Crippen LogP contribution >= 0.6 is 0 Å². The fourth-order valence-corrected chi connectivity index (χ4v) is 4.10. The van der Waals surface area contributed by atoms with E-state index in [0.29, 0.717) is 11.5 Å². The van der Waals surface area contributed by atoms with Crippen molar-refractivity contribution in [2.75, 3.05) is 7.05 Å². The van der Waals surface area contributed by atoms with Gasteiger partial charge in [0.15, 0.2) is 0 Å². The molecule has 2 fully saturated rings. The predicted octanol–water partition coefficient (Wildman–Crippen LogP) is 4.28. The molecular weight excluding hydrogens is 230 g/mol. The third kappa shape index (κ3) is 2.72. The number of nitrogens with one attached hydrogen (secondary N) is 1. The van der Waals surface area contributed by atoms with Crippen LogP contribution < -0.4 is 5.32 Å². The Morgan fingerprint density at radius 3 is 2.37 bits per heavy atom. The minimum Gasteiger partial charge on any atom is -0.316 e. The maximum atomic E-state index is 3.68. The summed E-state index contributed by atoms with van der Waals surface area (Å²) in [6, 6.07) is 12.0. The Balaban J connectivity index is 1.90. The highest BCUT2D eigenvalue weighted by Crippen LogP contribution is 2.46. The van der Waals surface area contributed by atoms with E-state index in [1.807, 2.05) is 0 Å². The molecule has 0 bridgehead atoms. The number of hydrogen-bond donors (Lipinski definition) is 1. The zero-order valence-electron chi connectivity index (χ0n) is 12.2. The minimum atomic E-state index is 0.400. The van der Waals surface area contributed by atoms with Crippen molar-refractivity contribution in [3.8, 4) is 0 Å². The summed E-state index contributed by atoms with van der Waals surface area (Å²) < 4.78 is 0. The summed E-state index contributed by atoms with van der Waals surface area (Å²) in [5, 5.41) is 3.68. The maximum absolute atomic E-state index is 3.68. The first-order valence-corrected chi connectivity index (χ1v) is 8.08. The van der Waals surface area contributed by atoms with Crippen molar-refractivity contribution in [3.63, 3.8) is 0 Å². The summed E-state index contributed by atoms with van der Waals surface area (Å²) in [6.45, 7) is 0. The van der Waals surface area contributed by atoms with Crippen LogP contribution in [0, 0.1) is 5.92 Å². The Bertz CT molecular complexity index is 387. The first-order valence-electron chi connectivity index (χ1n) is 8.08. The zero-order valence-corrected chi connectivity index (χ0v) is 12.2. The molecule has 1 N–H and O–H groups in total. The predicted molar refractivity (Wildman–Crippen MR) is 81.4 cm³/mol. The van der Waals surface area contributed by atoms with Gasteiger partial charge in [-0.05, 0) is 37.8 Å². The fraction of sp³-hybridized carbons (Fsp3) is 0.667. The van der Waals surface area contributed by atoms with E-state index in [9.17, 15) is 0 Å². The minimum absolute atomic E-state index is 0.400. The quantitative estimate of drug-likeness (QED) is 0.830. The molecule has 0 saturated heterocycles. The number of hydrogen-bond acceptors (Lipinski definition) is 1. The van der Waals surface area contributed by atoms with Gasteiger partial charge in [-0.25, -0.2) is 0 Å². The van der Waals surface area contributed by atoms with Crippen LogP contribution in [0.25, 0.3) is 0 Å². The van der Waals surface area contributed by atoms with E-state index in [2.05, 4.69) is 42.7 Å². The van der Waals surface area contributed by atoms with Crippen molar-refractivity contribution in [1.29, 1.82) is 0 Å². The fourth-order valence-electron chi connectivity index (χ4n) is 4.10. The highest BCUT2D eigenvalue weighted by atomic mass is 14.9. The van der Waals surface area contributed by atoms with Crippen molar-refractivity contribution in [1.82, 2.24) is 5.32 Å². The van der Waals surface area contributed by atoms with E-state index in [-0.39, 0.29) is 0 Å². The second kappa shape index (κ2) is 5.66. The third-order valence-electron chi connectivity index (χ3n) is 5.38. The van der Waals surface area contributed by atoms with Crippen LogP contribution in [0.3, 0.4) is 0 Å². The molecule has 0 radical (unpaired) electrons. The van der Waals surface area contributed by atoms with Crippen LogP contribution in [-0.2, 0) is 5.41 Å². The Kier molecular flexibility index (Phi) is 3.93. The highest BCUT2D eigenvalue weighted by molar-refractivity contribution is 5.28. The lowest BCUT2D eigenvalue weighted by Crippen LogP contribution is -2.48. The molecule has 1 unspecified atom stereocenters. The molecule has 19 heavy (non-hydrogen) atoms. The van der Waals surface area contributed by atoms with Gasteiger partial charge < -0.3 is 5.32 Å². The van der Waals surface area contributed by atoms with Gasteiger partial charge in [0.05, 0.1) is 0 Å². The summed E-state index contributed by atoms with van der Waals surface area (Å²) in [6.07, 6.45) is 11.3. The molecule has 1 heteroatoms. The van der Waals surface area contributed by atoms with Crippen molar-refractivity contribution >= 4 is 0 Å². The molecule has 2 aliphatic rings. The van der Waals surface area contributed by atoms with Gasteiger partial charge in [0.2, 0.25) is 0 Å². The molecule has 3 rings (SSSR count). The van der Waals surface area contributed by atoms with Crippen LogP contribution in [0.15, 0.2) is 30.3 Å². The van der Waals surface area contributed by atoms with Crippen LogP contribution in [0.4, 0.5) is 0 Å². The molecule has 1 aromatic rings. The molecule has 0 aliphatic heterocycles. The molecule has 1 nitrogen and oxygen atoms in total. The molecule has 0 spiro atoms. The average Bonchev–Trinajstić information content (AvgIpc) is 3.30. The van der Waals surface area contributed by atoms with Crippen LogP contribution in [0.1, 0.15) is 56.9 Å². The van der Waals surface area contributed by atoms with E-state index in [4.69, 9.17) is 0 Å². The van der Waals surface area contributed by atoms with Crippen LogP contribution in [0.5, 0.6) is 0 Å². The van der Waals surface area contributed by atoms with Crippen molar-refractivity contribution in [2.24, 2.45) is 5.92 Å². The normalized spacial score (nSPS) is 24.1. The highest BCUT2D eigenvalue weighted by Gasteiger charge is 2.42. The van der Waals surface area contributed by atoms with Crippen LogP contribution in [-0.4, -0.2) is 13.1 Å².